The van der Waals surface area contributed by atoms with Crippen LogP contribution in [0.25, 0.3) is 0 Å². The highest BCUT2D eigenvalue weighted by Gasteiger charge is 2.51. The van der Waals surface area contributed by atoms with E-state index >= 15 is 0 Å². The first kappa shape index (κ1) is 16.1. The number of hydrogen-bond donors (Lipinski definition) is 3. The van der Waals surface area contributed by atoms with Gasteiger partial charge < -0.3 is 25.6 Å². The third-order valence-corrected chi connectivity index (χ3v) is 5.71. The van der Waals surface area contributed by atoms with Gasteiger partial charge in [-0.05, 0) is 19.8 Å². The Labute approximate surface area is 141 Å². The largest absolute Gasteiger partial charge is 0.388 e. The topological polar surface area (TPSA) is 116 Å². The van der Waals surface area contributed by atoms with Gasteiger partial charge in [0.1, 0.15) is 30.9 Å². The van der Waals surface area contributed by atoms with E-state index in [1.54, 1.807) is 11.8 Å². The van der Waals surface area contributed by atoms with Gasteiger partial charge in [0, 0.05) is 5.92 Å². The molecule has 0 aromatic carbocycles. The van der Waals surface area contributed by atoms with Crippen LogP contribution in [0.5, 0.6) is 0 Å². The third-order valence-electron chi connectivity index (χ3n) is 5.71. The molecule has 0 amide bonds. The Hall–Kier alpha value is -1.35. The van der Waals surface area contributed by atoms with E-state index in [0.29, 0.717) is 18.2 Å². The minimum absolute atomic E-state index is 0.255. The zero-order valence-corrected chi connectivity index (χ0v) is 13.9. The molecule has 132 valence electrons. The van der Waals surface area contributed by atoms with Crippen molar-refractivity contribution in [2.75, 3.05) is 6.67 Å². The van der Waals surface area contributed by atoms with Gasteiger partial charge in [0.2, 0.25) is 0 Å². The second kappa shape index (κ2) is 5.87. The van der Waals surface area contributed by atoms with Crippen LogP contribution in [0.2, 0.25) is 0 Å². The summed E-state index contributed by atoms with van der Waals surface area (Å²) in [5, 5.41) is 20.2. The maximum absolute atomic E-state index is 10.3. The van der Waals surface area contributed by atoms with Crippen molar-refractivity contribution in [2.45, 2.75) is 69.2 Å². The van der Waals surface area contributed by atoms with E-state index in [1.165, 1.54) is 12.8 Å². The lowest BCUT2D eigenvalue weighted by molar-refractivity contribution is -0.0530. The zero-order valence-electron chi connectivity index (χ0n) is 13.9. The molecule has 0 aromatic rings. The quantitative estimate of drug-likeness (QED) is 0.648. The van der Waals surface area contributed by atoms with E-state index in [-0.39, 0.29) is 5.92 Å². The molecule has 4 N–H and O–H groups in total. The molecule has 3 aliphatic heterocycles. The fourth-order valence-corrected chi connectivity index (χ4v) is 4.23. The molecule has 1 saturated carbocycles. The molecular formula is C16H25N5O3. The van der Waals surface area contributed by atoms with Crippen LogP contribution in [0, 0.1) is 5.92 Å². The number of aliphatic hydroxyl groups excluding tert-OH is 2. The normalized spacial score (nSPS) is 42.9. The molecule has 2 fully saturated rings. The van der Waals surface area contributed by atoms with Gasteiger partial charge in [0.25, 0.3) is 0 Å². The van der Waals surface area contributed by atoms with Gasteiger partial charge in [0.15, 0.2) is 17.7 Å². The van der Waals surface area contributed by atoms with Crippen LogP contribution in [0.3, 0.4) is 0 Å². The number of hydrogen-bond acceptors (Lipinski definition) is 8. The van der Waals surface area contributed by atoms with E-state index in [4.69, 9.17) is 10.5 Å². The Morgan fingerprint density at radius 2 is 2.00 bits per heavy atom. The summed E-state index contributed by atoms with van der Waals surface area (Å²) in [6.45, 7) is 2.05. The lowest BCUT2D eigenvalue weighted by atomic mass is 9.77. The van der Waals surface area contributed by atoms with Crippen molar-refractivity contribution in [2.24, 2.45) is 26.6 Å². The van der Waals surface area contributed by atoms with Crippen LogP contribution < -0.4 is 5.73 Å². The van der Waals surface area contributed by atoms with E-state index in [1.807, 2.05) is 0 Å². The molecule has 4 aliphatic rings. The highest BCUT2D eigenvalue weighted by Crippen LogP contribution is 2.37. The van der Waals surface area contributed by atoms with E-state index in [9.17, 15) is 10.2 Å². The Morgan fingerprint density at radius 1 is 1.25 bits per heavy atom. The summed E-state index contributed by atoms with van der Waals surface area (Å²) in [6, 6.07) is 0. The number of nitrogens with two attached hydrogens (primary N) is 1. The summed E-state index contributed by atoms with van der Waals surface area (Å²) in [5.74, 6) is 0.869. The first-order chi connectivity index (χ1) is 11.5. The summed E-state index contributed by atoms with van der Waals surface area (Å²) in [4.78, 5) is 15.2. The number of fused-ring (bicyclic) bond motifs is 1. The number of nitrogens with zero attached hydrogens (tertiary/aromatic N) is 4. The van der Waals surface area contributed by atoms with Crippen LogP contribution in [0.1, 0.15) is 39.0 Å². The Bertz CT molecular complexity index is 601. The van der Waals surface area contributed by atoms with Crippen molar-refractivity contribution < 1.29 is 14.9 Å². The van der Waals surface area contributed by atoms with Crippen molar-refractivity contribution in [1.82, 2.24) is 4.90 Å². The van der Waals surface area contributed by atoms with Gasteiger partial charge in [-0.1, -0.05) is 19.3 Å². The molecule has 1 unspecified atom stereocenters. The second-order valence-corrected chi connectivity index (χ2v) is 7.19. The number of aliphatic hydroxyl groups is 2. The Balaban J connectivity index is 1.59. The van der Waals surface area contributed by atoms with Gasteiger partial charge in [-0.3, -0.25) is 4.99 Å². The first-order valence-electron chi connectivity index (χ1n) is 8.76. The maximum atomic E-state index is 10.3. The van der Waals surface area contributed by atoms with Crippen molar-refractivity contribution >= 4 is 17.9 Å². The number of rotatable bonds is 2. The van der Waals surface area contributed by atoms with E-state index in [2.05, 4.69) is 15.0 Å². The van der Waals surface area contributed by atoms with Crippen molar-refractivity contribution in [1.29, 1.82) is 0 Å². The Kier molecular flexibility index (Phi) is 3.95. The van der Waals surface area contributed by atoms with Gasteiger partial charge in [-0.15, -0.1) is 0 Å². The molecule has 0 radical (unpaired) electrons. The summed E-state index contributed by atoms with van der Waals surface area (Å²) < 4.78 is 5.72. The number of aliphatic imine (C=N–C) groups is 3. The highest BCUT2D eigenvalue weighted by molar-refractivity contribution is 6.47. The zero-order chi connectivity index (χ0) is 16.9. The molecule has 1 saturated heterocycles. The molecule has 8 heteroatoms. The van der Waals surface area contributed by atoms with Crippen LogP contribution >= 0.6 is 0 Å². The van der Waals surface area contributed by atoms with Crippen LogP contribution in [-0.4, -0.2) is 69.9 Å². The minimum Gasteiger partial charge on any atom is -0.388 e. The van der Waals surface area contributed by atoms with Gasteiger partial charge in [0.05, 0.1) is 6.10 Å². The monoisotopic (exact) mass is 335 g/mol. The minimum atomic E-state index is -1.00. The van der Waals surface area contributed by atoms with Crippen molar-refractivity contribution in [3.05, 3.63) is 0 Å². The van der Waals surface area contributed by atoms with Gasteiger partial charge in [-0.2, -0.15) is 0 Å². The maximum Gasteiger partial charge on any atom is 0.162 e. The fourth-order valence-electron chi connectivity index (χ4n) is 4.23. The van der Waals surface area contributed by atoms with Crippen LogP contribution in [0.15, 0.2) is 15.0 Å². The highest BCUT2D eigenvalue weighted by atomic mass is 16.6. The molecule has 0 spiro atoms. The first-order valence-corrected chi connectivity index (χ1v) is 8.76. The molecule has 0 bridgehead atoms. The molecule has 5 atom stereocenters. The van der Waals surface area contributed by atoms with Gasteiger partial charge in [-0.25, -0.2) is 9.98 Å². The third kappa shape index (κ3) is 2.32. The van der Waals surface area contributed by atoms with Crippen LogP contribution in [0.4, 0.5) is 0 Å². The molecular weight excluding hydrogens is 310 g/mol. The molecule has 0 aromatic heterocycles. The van der Waals surface area contributed by atoms with Gasteiger partial charge >= 0.3 is 0 Å². The average Bonchev–Trinajstić information content (AvgIpc) is 3.14. The molecule has 1 aliphatic carbocycles. The Morgan fingerprint density at radius 3 is 2.67 bits per heavy atom. The summed E-state index contributed by atoms with van der Waals surface area (Å²) in [5.41, 5.74) is 6.52. The summed E-state index contributed by atoms with van der Waals surface area (Å²) in [6.07, 6.45) is 4.13. The summed E-state index contributed by atoms with van der Waals surface area (Å²) in [7, 11) is 0. The predicted octanol–water partition coefficient (Wildman–Crippen LogP) is -0.157. The standard InChI is InChI=1S/C16H25N5O3/c1-9-11(22)12(23)15(24-9)21-8-19-13-14(21)18-7-20-16(13,17)10-5-3-2-4-6-10/h7,9-12,15,22-23H,2-6,8,17H2,1H3/t9-,11-,12-,15-,16?/m1/s1. The van der Waals surface area contributed by atoms with Crippen molar-refractivity contribution in [3.63, 3.8) is 0 Å². The molecule has 24 heavy (non-hydrogen) atoms. The lowest BCUT2D eigenvalue weighted by Crippen LogP contribution is -2.59. The van der Waals surface area contributed by atoms with E-state index < -0.39 is 30.2 Å². The summed E-state index contributed by atoms with van der Waals surface area (Å²) >= 11 is 0. The lowest BCUT2D eigenvalue weighted by Gasteiger charge is -2.38. The smallest absolute Gasteiger partial charge is 0.162 e. The van der Waals surface area contributed by atoms with Crippen LogP contribution in [-0.2, 0) is 4.74 Å². The average molecular weight is 335 g/mol. The molecule has 3 heterocycles. The predicted molar refractivity (Wildman–Crippen MR) is 89.9 cm³/mol. The molecule has 8 nitrogen and oxygen atoms in total. The van der Waals surface area contributed by atoms with E-state index in [0.717, 1.165) is 25.7 Å². The SMILES string of the molecule is C[C@H]1O[C@@H](N2CN=C3C2=NC=NC3(N)C2CCCCC2)[C@H](O)[C@@H]1O. The molecule has 4 rings (SSSR count). The second-order valence-electron chi connectivity index (χ2n) is 7.19. The van der Waals surface area contributed by atoms with Crippen molar-refractivity contribution in [3.8, 4) is 0 Å². The fraction of sp³-hybridized carbons (Fsp3) is 0.812. The number of amidine groups is 1. The number of ether oxygens (including phenoxy) is 1.